The van der Waals surface area contributed by atoms with Gasteiger partial charge < -0.3 is 5.43 Å². The molecule has 3 aromatic rings. The minimum Gasteiger partial charge on any atom is -0.308 e. The molecule has 94 valence electrons. The summed E-state index contributed by atoms with van der Waals surface area (Å²) in [5, 5.41) is 1.78. The Hall–Kier alpha value is -2.10. The number of nitrogens with two attached hydrogens (primary N) is 1. The molecule has 1 aromatic heterocycles. The summed E-state index contributed by atoms with van der Waals surface area (Å²) in [6.07, 6.45) is 0. The fourth-order valence-electron chi connectivity index (χ4n) is 2.08. The second-order valence-corrected chi connectivity index (χ2v) is 4.66. The molecular weight excluding hydrogens is 258 g/mol. The van der Waals surface area contributed by atoms with E-state index in [2.05, 4.69) is 16.5 Å². The largest absolute Gasteiger partial charge is 0.308 e. The SMILES string of the molecule is NNc1nc2ccccc2cc1-c1ccc(Cl)cc1. The summed E-state index contributed by atoms with van der Waals surface area (Å²) in [4.78, 5) is 4.52. The van der Waals surface area contributed by atoms with Crippen LogP contribution in [0.4, 0.5) is 5.82 Å². The van der Waals surface area contributed by atoms with Crippen molar-refractivity contribution in [2.75, 3.05) is 5.43 Å². The van der Waals surface area contributed by atoms with Gasteiger partial charge in [0.1, 0.15) is 5.82 Å². The third-order valence-corrected chi connectivity index (χ3v) is 3.27. The predicted octanol–water partition coefficient (Wildman–Crippen LogP) is 3.84. The molecule has 3 rings (SSSR count). The standard InChI is InChI=1S/C15H12ClN3/c16-12-7-5-10(6-8-12)13-9-11-3-1-2-4-14(11)18-15(13)19-17/h1-9H,17H2,(H,18,19). The maximum atomic E-state index is 5.91. The van der Waals surface area contributed by atoms with Gasteiger partial charge in [-0.2, -0.15) is 0 Å². The number of aromatic nitrogens is 1. The van der Waals surface area contributed by atoms with Crippen LogP contribution in [0.3, 0.4) is 0 Å². The van der Waals surface area contributed by atoms with Gasteiger partial charge in [-0.15, -0.1) is 0 Å². The van der Waals surface area contributed by atoms with Crippen LogP contribution in [-0.4, -0.2) is 4.98 Å². The number of para-hydroxylation sites is 1. The summed E-state index contributed by atoms with van der Waals surface area (Å²) in [5.41, 5.74) is 5.55. The third-order valence-electron chi connectivity index (χ3n) is 3.02. The highest BCUT2D eigenvalue weighted by Crippen LogP contribution is 2.30. The van der Waals surface area contributed by atoms with E-state index in [4.69, 9.17) is 17.4 Å². The number of hydrogen-bond acceptors (Lipinski definition) is 3. The van der Waals surface area contributed by atoms with Gasteiger partial charge in [-0.3, -0.25) is 0 Å². The van der Waals surface area contributed by atoms with Crippen LogP contribution in [0, 0.1) is 0 Å². The van der Waals surface area contributed by atoms with Crippen molar-refractivity contribution in [1.82, 2.24) is 4.98 Å². The molecule has 0 amide bonds. The highest BCUT2D eigenvalue weighted by atomic mass is 35.5. The molecule has 3 nitrogen and oxygen atoms in total. The zero-order valence-corrected chi connectivity index (χ0v) is 10.9. The molecule has 0 unspecified atom stereocenters. The highest BCUT2D eigenvalue weighted by Gasteiger charge is 2.08. The highest BCUT2D eigenvalue weighted by molar-refractivity contribution is 6.30. The van der Waals surface area contributed by atoms with Gasteiger partial charge in [0, 0.05) is 16.0 Å². The Morgan fingerprint density at radius 2 is 1.74 bits per heavy atom. The molecule has 0 fully saturated rings. The average molecular weight is 270 g/mol. The molecule has 0 aliphatic carbocycles. The summed E-state index contributed by atoms with van der Waals surface area (Å²) in [6.45, 7) is 0. The van der Waals surface area contributed by atoms with Gasteiger partial charge in [0.15, 0.2) is 0 Å². The van der Waals surface area contributed by atoms with Crippen LogP contribution in [0.2, 0.25) is 5.02 Å². The predicted molar refractivity (Wildman–Crippen MR) is 80.0 cm³/mol. The van der Waals surface area contributed by atoms with E-state index in [-0.39, 0.29) is 0 Å². The van der Waals surface area contributed by atoms with Crippen LogP contribution in [0.5, 0.6) is 0 Å². The Morgan fingerprint density at radius 1 is 1.00 bits per heavy atom. The van der Waals surface area contributed by atoms with Crippen LogP contribution in [0.15, 0.2) is 54.6 Å². The fraction of sp³-hybridized carbons (Fsp3) is 0. The number of hydrogen-bond donors (Lipinski definition) is 2. The lowest BCUT2D eigenvalue weighted by Gasteiger charge is -2.10. The van der Waals surface area contributed by atoms with Gasteiger partial charge in [0.2, 0.25) is 0 Å². The molecule has 3 N–H and O–H groups in total. The molecule has 0 spiro atoms. The van der Waals surface area contributed by atoms with Crippen LogP contribution >= 0.6 is 11.6 Å². The maximum Gasteiger partial charge on any atom is 0.148 e. The van der Waals surface area contributed by atoms with Gasteiger partial charge in [-0.05, 0) is 29.8 Å². The molecule has 4 heteroatoms. The minimum absolute atomic E-state index is 0.654. The number of anilines is 1. The van der Waals surface area contributed by atoms with Crippen LogP contribution in [-0.2, 0) is 0 Å². The van der Waals surface area contributed by atoms with Gasteiger partial charge in [-0.25, -0.2) is 10.8 Å². The van der Waals surface area contributed by atoms with E-state index in [1.54, 1.807) is 0 Å². The van der Waals surface area contributed by atoms with E-state index in [0.717, 1.165) is 22.0 Å². The van der Waals surface area contributed by atoms with E-state index < -0.39 is 0 Å². The van der Waals surface area contributed by atoms with Crippen molar-refractivity contribution in [2.45, 2.75) is 0 Å². The van der Waals surface area contributed by atoms with Crippen molar-refractivity contribution in [3.63, 3.8) is 0 Å². The lowest BCUT2D eigenvalue weighted by molar-refractivity contribution is 1.26. The molecule has 0 saturated heterocycles. The Bertz CT molecular complexity index is 723. The number of nitrogens with zero attached hydrogens (tertiary/aromatic N) is 1. The third kappa shape index (κ3) is 2.26. The first kappa shape index (κ1) is 12.0. The zero-order valence-electron chi connectivity index (χ0n) is 10.1. The van der Waals surface area contributed by atoms with E-state index in [1.165, 1.54) is 0 Å². The minimum atomic E-state index is 0.654. The molecule has 0 radical (unpaired) electrons. The number of nitrogens with one attached hydrogen (secondary N) is 1. The van der Waals surface area contributed by atoms with Crippen molar-refractivity contribution in [3.8, 4) is 11.1 Å². The molecule has 0 aliphatic heterocycles. The Balaban J connectivity index is 2.23. The number of pyridine rings is 1. The number of hydrazine groups is 1. The number of nitrogen functional groups attached to an aromatic ring is 1. The smallest absolute Gasteiger partial charge is 0.148 e. The van der Waals surface area contributed by atoms with Gasteiger partial charge in [0.25, 0.3) is 0 Å². The molecular formula is C15H12ClN3. The first-order valence-corrected chi connectivity index (χ1v) is 6.28. The summed E-state index contributed by atoms with van der Waals surface area (Å²) in [5.74, 6) is 6.22. The van der Waals surface area contributed by atoms with E-state index in [0.29, 0.717) is 10.8 Å². The number of benzene rings is 2. The Kier molecular flexibility index (Phi) is 3.07. The summed E-state index contributed by atoms with van der Waals surface area (Å²) in [6, 6.07) is 17.6. The monoisotopic (exact) mass is 269 g/mol. The van der Waals surface area contributed by atoms with E-state index in [9.17, 15) is 0 Å². The number of halogens is 1. The summed E-state index contributed by atoms with van der Waals surface area (Å²) in [7, 11) is 0. The second-order valence-electron chi connectivity index (χ2n) is 4.23. The number of rotatable bonds is 2. The first-order chi connectivity index (χ1) is 9.28. The van der Waals surface area contributed by atoms with E-state index in [1.807, 2.05) is 48.5 Å². The topological polar surface area (TPSA) is 50.9 Å². The van der Waals surface area contributed by atoms with Gasteiger partial charge in [-0.1, -0.05) is 41.9 Å². The Labute approximate surface area is 116 Å². The van der Waals surface area contributed by atoms with Crippen LogP contribution in [0.25, 0.3) is 22.0 Å². The molecule has 1 heterocycles. The van der Waals surface area contributed by atoms with Gasteiger partial charge >= 0.3 is 0 Å². The molecule has 2 aromatic carbocycles. The van der Waals surface area contributed by atoms with Crippen molar-refractivity contribution in [2.24, 2.45) is 5.84 Å². The van der Waals surface area contributed by atoms with Gasteiger partial charge in [0.05, 0.1) is 5.52 Å². The van der Waals surface area contributed by atoms with Crippen molar-refractivity contribution >= 4 is 28.3 Å². The molecule has 0 bridgehead atoms. The van der Waals surface area contributed by atoms with Crippen molar-refractivity contribution in [1.29, 1.82) is 0 Å². The molecule has 0 atom stereocenters. The molecule has 0 saturated carbocycles. The lowest BCUT2D eigenvalue weighted by Crippen LogP contribution is -2.10. The quantitative estimate of drug-likeness (QED) is 0.549. The molecule has 0 aliphatic rings. The fourth-order valence-corrected chi connectivity index (χ4v) is 2.20. The molecule has 19 heavy (non-hydrogen) atoms. The van der Waals surface area contributed by atoms with Crippen LogP contribution in [0.1, 0.15) is 0 Å². The Morgan fingerprint density at radius 3 is 2.47 bits per heavy atom. The van der Waals surface area contributed by atoms with Crippen molar-refractivity contribution in [3.05, 3.63) is 59.6 Å². The number of fused-ring (bicyclic) bond motifs is 1. The normalized spacial score (nSPS) is 10.6. The lowest BCUT2D eigenvalue weighted by atomic mass is 10.0. The summed E-state index contributed by atoms with van der Waals surface area (Å²) < 4.78 is 0. The zero-order chi connectivity index (χ0) is 13.2. The first-order valence-electron chi connectivity index (χ1n) is 5.90. The maximum absolute atomic E-state index is 5.91. The van der Waals surface area contributed by atoms with E-state index >= 15 is 0 Å². The summed E-state index contributed by atoms with van der Waals surface area (Å²) >= 11 is 5.91. The average Bonchev–Trinajstić information content (AvgIpc) is 2.46. The van der Waals surface area contributed by atoms with Crippen molar-refractivity contribution < 1.29 is 0 Å². The second kappa shape index (κ2) is 4.88. The van der Waals surface area contributed by atoms with Crippen LogP contribution < -0.4 is 11.3 Å².